The number of hydrogen-bond donors (Lipinski definition) is 0. The van der Waals surface area contributed by atoms with Crippen molar-refractivity contribution in [1.82, 2.24) is 0 Å². The Bertz CT molecular complexity index is 557. The van der Waals surface area contributed by atoms with Crippen molar-refractivity contribution in [2.24, 2.45) is 0 Å². The minimum atomic E-state index is 0.240. The molecular formula is C12H7BrO. The van der Waals surface area contributed by atoms with Crippen LogP contribution >= 0.6 is 15.9 Å². The van der Waals surface area contributed by atoms with Crippen molar-refractivity contribution in [3.63, 3.8) is 0 Å². The predicted octanol–water partition coefficient (Wildman–Crippen LogP) is 3.34. The van der Waals surface area contributed by atoms with Crippen LogP contribution in [0.15, 0.2) is 34.8 Å². The summed E-state index contributed by atoms with van der Waals surface area (Å²) in [4.78, 5) is 11.6. The summed E-state index contributed by atoms with van der Waals surface area (Å²) < 4.78 is 1.06. The average Bonchev–Trinajstić information content (AvgIpc) is 2.52. The summed E-state index contributed by atoms with van der Waals surface area (Å²) in [6, 6.07) is 9.94. The molecule has 0 fully saturated rings. The van der Waals surface area contributed by atoms with Gasteiger partial charge in [0.2, 0.25) is 0 Å². The minimum Gasteiger partial charge on any atom is -0.294 e. The Hall–Kier alpha value is -1.15. The van der Waals surface area contributed by atoms with Crippen LogP contribution in [0.25, 0.3) is 10.8 Å². The Kier molecular flexibility index (Phi) is 1.56. The smallest absolute Gasteiger partial charge is 0.167 e. The first-order valence-corrected chi connectivity index (χ1v) is 5.30. The maximum atomic E-state index is 11.6. The van der Waals surface area contributed by atoms with Crippen LogP contribution in [0, 0.1) is 0 Å². The van der Waals surface area contributed by atoms with E-state index in [-0.39, 0.29) is 5.78 Å². The molecule has 0 radical (unpaired) electrons. The minimum absolute atomic E-state index is 0.240. The van der Waals surface area contributed by atoms with E-state index in [2.05, 4.69) is 15.9 Å². The molecule has 0 N–H and O–H groups in total. The fourth-order valence-electron chi connectivity index (χ4n) is 2.09. The highest BCUT2D eigenvalue weighted by Gasteiger charge is 2.21. The Morgan fingerprint density at radius 2 is 2.00 bits per heavy atom. The van der Waals surface area contributed by atoms with E-state index in [1.165, 1.54) is 0 Å². The zero-order valence-electron chi connectivity index (χ0n) is 7.38. The zero-order valence-corrected chi connectivity index (χ0v) is 8.97. The third kappa shape index (κ3) is 0.919. The van der Waals surface area contributed by atoms with Gasteiger partial charge in [-0.3, -0.25) is 4.79 Å². The normalized spacial score (nSPS) is 13.9. The molecule has 0 heterocycles. The highest BCUT2D eigenvalue weighted by atomic mass is 79.9. The van der Waals surface area contributed by atoms with Gasteiger partial charge in [0.15, 0.2) is 5.78 Å². The molecule has 1 nitrogen and oxygen atoms in total. The Morgan fingerprint density at radius 3 is 2.86 bits per heavy atom. The van der Waals surface area contributed by atoms with E-state index in [9.17, 15) is 4.79 Å². The second-order valence-corrected chi connectivity index (χ2v) is 4.39. The van der Waals surface area contributed by atoms with Crippen LogP contribution in [0.4, 0.5) is 0 Å². The molecule has 0 unspecified atom stereocenters. The van der Waals surface area contributed by atoms with Crippen LogP contribution in [0.2, 0.25) is 0 Å². The van der Waals surface area contributed by atoms with E-state index in [4.69, 9.17) is 0 Å². The Morgan fingerprint density at radius 1 is 1.14 bits per heavy atom. The first kappa shape index (κ1) is 8.18. The summed E-state index contributed by atoms with van der Waals surface area (Å²) in [5.74, 6) is 0.240. The molecule has 14 heavy (non-hydrogen) atoms. The van der Waals surface area contributed by atoms with Gasteiger partial charge in [-0.05, 0) is 22.4 Å². The Labute approximate surface area is 89.9 Å². The van der Waals surface area contributed by atoms with Crippen LogP contribution < -0.4 is 0 Å². The van der Waals surface area contributed by atoms with E-state index in [1.54, 1.807) is 0 Å². The Balaban J connectivity index is 2.58. The zero-order chi connectivity index (χ0) is 9.71. The van der Waals surface area contributed by atoms with E-state index in [0.29, 0.717) is 6.42 Å². The number of ketones is 1. The molecule has 2 heteroatoms. The quantitative estimate of drug-likeness (QED) is 0.697. The number of rotatable bonds is 0. The van der Waals surface area contributed by atoms with Crippen LogP contribution in [0.1, 0.15) is 15.9 Å². The summed E-state index contributed by atoms with van der Waals surface area (Å²) in [7, 11) is 0. The fourth-order valence-corrected chi connectivity index (χ4v) is 2.55. The van der Waals surface area contributed by atoms with Crippen LogP contribution in [0.5, 0.6) is 0 Å². The molecule has 0 aromatic heterocycles. The molecule has 68 valence electrons. The SMILES string of the molecule is O=C1Cc2ccc(Br)c3cccc1c23. The lowest BCUT2D eigenvalue weighted by Gasteiger charge is -2.02. The van der Waals surface area contributed by atoms with Crippen LogP contribution in [-0.2, 0) is 6.42 Å². The van der Waals surface area contributed by atoms with E-state index in [0.717, 1.165) is 26.4 Å². The van der Waals surface area contributed by atoms with Gasteiger partial charge in [0.25, 0.3) is 0 Å². The van der Waals surface area contributed by atoms with Crippen molar-refractivity contribution in [1.29, 1.82) is 0 Å². The standard InChI is InChI=1S/C12H7BrO/c13-10-5-4-7-6-11(14)9-3-1-2-8(10)12(7)9/h1-5H,6H2. The molecular weight excluding hydrogens is 240 g/mol. The van der Waals surface area contributed by atoms with Gasteiger partial charge in [-0.2, -0.15) is 0 Å². The second-order valence-electron chi connectivity index (χ2n) is 3.53. The summed E-state index contributed by atoms with van der Waals surface area (Å²) in [6.45, 7) is 0. The first-order valence-electron chi connectivity index (χ1n) is 4.50. The van der Waals surface area contributed by atoms with Crippen LogP contribution in [0.3, 0.4) is 0 Å². The monoisotopic (exact) mass is 246 g/mol. The first-order chi connectivity index (χ1) is 6.77. The van der Waals surface area contributed by atoms with E-state index >= 15 is 0 Å². The average molecular weight is 247 g/mol. The van der Waals surface area contributed by atoms with Gasteiger partial charge in [0, 0.05) is 16.5 Å². The van der Waals surface area contributed by atoms with Gasteiger partial charge in [0.1, 0.15) is 0 Å². The maximum Gasteiger partial charge on any atom is 0.167 e. The number of halogens is 1. The molecule has 1 aliphatic carbocycles. The highest BCUT2D eigenvalue weighted by molar-refractivity contribution is 9.10. The molecule has 0 saturated carbocycles. The number of benzene rings is 2. The van der Waals surface area contributed by atoms with Gasteiger partial charge >= 0.3 is 0 Å². The van der Waals surface area contributed by atoms with Gasteiger partial charge in [-0.15, -0.1) is 0 Å². The van der Waals surface area contributed by atoms with Gasteiger partial charge in [-0.1, -0.05) is 40.2 Å². The molecule has 0 saturated heterocycles. The molecule has 2 aromatic carbocycles. The molecule has 0 amide bonds. The number of hydrogen-bond acceptors (Lipinski definition) is 1. The fraction of sp³-hybridized carbons (Fsp3) is 0.0833. The van der Waals surface area contributed by atoms with Gasteiger partial charge in [0.05, 0.1) is 0 Å². The lowest BCUT2D eigenvalue weighted by Crippen LogP contribution is -1.92. The summed E-state index contributed by atoms with van der Waals surface area (Å²) in [5.41, 5.74) is 2.03. The summed E-state index contributed by atoms with van der Waals surface area (Å²) >= 11 is 3.50. The lowest BCUT2D eigenvalue weighted by molar-refractivity contribution is 0.1000. The number of carbonyl (C=O) groups is 1. The highest BCUT2D eigenvalue weighted by Crippen LogP contribution is 2.34. The topological polar surface area (TPSA) is 17.1 Å². The molecule has 2 aromatic rings. The largest absolute Gasteiger partial charge is 0.294 e. The van der Waals surface area contributed by atoms with Gasteiger partial charge in [-0.25, -0.2) is 0 Å². The third-order valence-electron chi connectivity index (χ3n) is 2.73. The lowest BCUT2D eigenvalue weighted by atomic mass is 10.1. The van der Waals surface area contributed by atoms with E-state index in [1.807, 2.05) is 30.3 Å². The molecule has 0 atom stereocenters. The number of carbonyl (C=O) groups excluding carboxylic acids is 1. The summed E-state index contributed by atoms with van der Waals surface area (Å²) in [5, 5.41) is 2.28. The van der Waals surface area contributed by atoms with Gasteiger partial charge < -0.3 is 0 Å². The third-order valence-corrected chi connectivity index (χ3v) is 3.42. The van der Waals surface area contributed by atoms with Crippen molar-refractivity contribution in [3.8, 4) is 0 Å². The molecule has 0 spiro atoms. The van der Waals surface area contributed by atoms with Crippen LogP contribution in [-0.4, -0.2) is 5.78 Å². The van der Waals surface area contributed by atoms with Crippen molar-refractivity contribution in [2.45, 2.75) is 6.42 Å². The van der Waals surface area contributed by atoms with E-state index < -0.39 is 0 Å². The predicted molar refractivity (Wildman–Crippen MR) is 59.7 cm³/mol. The van der Waals surface area contributed by atoms with Crippen molar-refractivity contribution >= 4 is 32.5 Å². The van der Waals surface area contributed by atoms with Crippen molar-refractivity contribution < 1.29 is 4.79 Å². The summed E-state index contributed by atoms with van der Waals surface area (Å²) in [6.07, 6.45) is 0.559. The van der Waals surface area contributed by atoms with Crippen molar-refractivity contribution in [2.75, 3.05) is 0 Å². The van der Waals surface area contributed by atoms with Crippen molar-refractivity contribution in [3.05, 3.63) is 45.9 Å². The second kappa shape index (κ2) is 2.67. The molecule has 1 aliphatic rings. The number of Topliss-reactive ketones (excluding diaryl/α,β-unsaturated/α-hetero) is 1. The molecule has 0 aliphatic heterocycles. The maximum absolute atomic E-state index is 11.6. The molecule has 0 bridgehead atoms. The molecule has 3 rings (SSSR count).